The van der Waals surface area contributed by atoms with Gasteiger partial charge in [-0.25, -0.2) is 9.59 Å². The van der Waals surface area contributed by atoms with Crippen molar-refractivity contribution >= 4 is 45.5 Å². The molecule has 5 heterocycles. The molecule has 27 heteroatoms. The fourth-order valence-electron chi connectivity index (χ4n) is 7.35. The van der Waals surface area contributed by atoms with Crippen LogP contribution in [0.25, 0.3) is 22.3 Å². The van der Waals surface area contributed by atoms with Crippen LogP contribution >= 0.6 is 23.2 Å². The van der Waals surface area contributed by atoms with E-state index in [1.807, 2.05) is 0 Å². The first-order valence-electron chi connectivity index (χ1n) is 21.4. The first-order chi connectivity index (χ1) is 34.5. The van der Waals surface area contributed by atoms with E-state index < -0.39 is 66.0 Å². The standard InChI is InChI=1S/C23H20ClF3N4O6.C23H18ClF3N4O5.2CH4/c1-29-19-18(20(34)31(22(29)35)11-15(33)12-32)30(10-13-5-7-14(24)8-6-13)21(28-19)36-16-3-2-4-17(9-16)37-23(25,26)27;1-29-19-18(20(32)31(22(29)33)11-17-12-34-17)30(10-13-5-7-14(24)8-6-13)21(28-19)35-15-3-2-4-16(9-15)36-23(25,26)27;;/h2-9,15,32-33H,10-12H2,1H3;2-9,17H,10-12H2,1H3;2*1H4. The van der Waals surface area contributed by atoms with Gasteiger partial charge in [-0.2, -0.15) is 9.97 Å². The summed E-state index contributed by atoms with van der Waals surface area (Å²) in [7, 11) is 2.82. The van der Waals surface area contributed by atoms with Gasteiger partial charge in [-0.15, -0.1) is 26.3 Å². The second-order valence-electron chi connectivity index (χ2n) is 16.1. The monoisotopic (exact) mass is 1090 g/mol. The molecule has 9 rings (SSSR count). The molecule has 2 unspecified atom stereocenters. The number of aromatic nitrogens is 8. The number of alkyl halides is 6. The lowest BCUT2D eigenvalue weighted by Gasteiger charge is -2.13. The molecule has 1 aliphatic rings. The largest absolute Gasteiger partial charge is 0.573 e. The van der Waals surface area contributed by atoms with Crippen LogP contribution in [0.4, 0.5) is 26.3 Å². The van der Waals surface area contributed by atoms with Gasteiger partial charge in [0.1, 0.15) is 23.0 Å². The minimum absolute atomic E-state index is 0. The maximum atomic E-state index is 13.4. The molecular weight excluding hydrogens is 1050 g/mol. The van der Waals surface area contributed by atoms with E-state index in [4.69, 9.17) is 37.4 Å². The Hall–Kier alpha value is -7.58. The predicted molar refractivity (Wildman–Crippen MR) is 262 cm³/mol. The van der Waals surface area contributed by atoms with Crippen LogP contribution < -0.4 is 41.4 Å². The van der Waals surface area contributed by atoms with Gasteiger partial charge in [0, 0.05) is 36.3 Å². The van der Waals surface area contributed by atoms with Crippen molar-refractivity contribution in [3.63, 3.8) is 0 Å². The number of aryl methyl sites for hydroxylation is 2. The molecule has 1 aliphatic heterocycles. The lowest BCUT2D eigenvalue weighted by Crippen LogP contribution is -2.42. The molecule has 0 aliphatic carbocycles. The average molecular weight is 1100 g/mol. The zero-order chi connectivity index (χ0) is 52.5. The summed E-state index contributed by atoms with van der Waals surface area (Å²) < 4.78 is 108. The van der Waals surface area contributed by atoms with Gasteiger partial charge in [0.25, 0.3) is 11.1 Å². The van der Waals surface area contributed by atoms with Crippen LogP contribution in [0.2, 0.25) is 10.0 Å². The van der Waals surface area contributed by atoms with Crippen LogP contribution in [0.3, 0.4) is 0 Å². The molecule has 8 aromatic rings. The summed E-state index contributed by atoms with van der Waals surface area (Å²) in [5.41, 5.74) is -1.35. The van der Waals surface area contributed by atoms with E-state index in [9.17, 15) is 55.7 Å². The number of rotatable bonds is 15. The normalized spacial score (nSPS) is 13.6. The highest BCUT2D eigenvalue weighted by Crippen LogP contribution is 2.32. The highest BCUT2D eigenvalue weighted by Gasteiger charge is 2.33. The summed E-state index contributed by atoms with van der Waals surface area (Å²) in [6.07, 6.45) is -11.4. The number of imidazole rings is 2. The van der Waals surface area contributed by atoms with Crippen LogP contribution in [0.15, 0.2) is 116 Å². The Morgan fingerprint density at radius 2 is 1.03 bits per heavy atom. The lowest BCUT2D eigenvalue weighted by molar-refractivity contribution is -0.275. The number of ether oxygens (including phenoxy) is 5. The zero-order valence-electron chi connectivity index (χ0n) is 37.8. The maximum Gasteiger partial charge on any atom is 0.573 e. The van der Waals surface area contributed by atoms with Gasteiger partial charge in [-0.3, -0.25) is 37.0 Å². The van der Waals surface area contributed by atoms with Crippen molar-refractivity contribution in [2.45, 2.75) is 66.0 Å². The van der Waals surface area contributed by atoms with E-state index in [1.165, 1.54) is 52.1 Å². The third-order valence-corrected chi connectivity index (χ3v) is 11.3. The second kappa shape index (κ2) is 22.9. The predicted octanol–water partition coefficient (Wildman–Crippen LogP) is 7.60. The molecule has 75 heavy (non-hydrogen) atoms. The molecule has 1 fully saturated rings. The minimum atomic E-state index is -4.91. The lowest BCUT2D eigenvalue weighted by atomic mass is 10.2. The number of aliphatic hydroxyl groups is 2. The Kier molecular flexibility index (Phi) is 17.3. The molecule has 4 aromatic carbocycles. The van der Waals surface area contributed by atoms with Gasteiger partial charge in [0.2, 0.25) is 0 Å². The molecule has 0 amide bonds. The fourth-order valence-corrected chi connectivity index (χ4v) is 7.60. The summed E-state index contributed by atoms with van der Waals surface area (Å²) >= 11 is 12.0. The molecule has 0 bridgehead atoms. The highest BCUT2D eigenvalue weighted by atomic mass is 35.5. The summed E-state index contributed by atoms with van der Waals surface area (Å²) in [6.45, 7) is -0.505. The first kappa shape index (κ1) is 56.7. The van der Waals surface area contributed by atoms with Crippen molar-refractivity contribution in [2.24, 2.45) is 14.1 Å². The number of halogens is 8. The SMILES string of the molecule is C.C.Cn1c(=O)n(CC(O)CO)c(=O)c2c1nc(Oc1cccc(OC(F)(F)F)c1)n2Cc1ccc(Cl)cc1.Cn1c(=O)n(CC2CO2)c(=O)c2c1nc(Oc1cccc(OC(F)(F)F)c1)n2Cc1ccc(Cl)cc1. The topological polar surface area (TPSA) is 214 Å². The van der Waals surface area contributed by atoms with E-state index in [-0.39, 0.29) is 86.4 Å². The van der Waals surface area contributed by atoms with Crippen molar-refractivity contribution in [1.82, 2.24) is 37.4 Å². The van der Waals surface area contributed by atoms with Crippen LogP contribution in [-0.2, 0) is 45.0 Å². The third kappa shape index (κ3) is 13.4. The number of aliphatic hydroxyl groups excluding tert-OH is 2. The molecule has 2 N–H and O–H groups in total. The Bertz CT molecular complexity index is 3570. The smallest absolute Gasteiger partial charge is 0.425 e. The number of fused-ring (bicyclic) bond motifs is 2. The molecule has 2 atom stereocenters. The summed E-state index contributed by atoms with van der Waals surface area (Å²) in [5, 5.41) is 20.0. The molecule has 0 radical (unpaired) electrons. The molecule has 1 saturated heterocycles. The quantitative estimate of drug-likeness (QED) is 0.0749. The van der Waals surface area contributed by atoms with Gasteiger partial charge in [-0.1, -0.05) is 74.5 Å². The van der Waals surface area contributed by atoms with Crippen molar-refractivity contribution < 1.29 is 60.2 Å². The van der Waals surface area contributed by atoms with Gasteiger partial charge in [-0.05, 0) is 59.7 Å². The number of benzene rings is 4. The Labute approximate surface area is 430 Å². The second-order valence-corrected chi connectivity index (χ2v) is 17.0. The van der Waals surface area contributed by atoms with Gasteiger partial charge in [0.15, 0.2) is 22.3 Å². The van der Waals surface area contributed by atoms with Crippen LogP contribution in [0.5, 0.6) is 35.0 Å². The molecular formula is C48H46Cl2F6N8O11. The Morgan fingerprint density at radius 1 is 0.640 bits per heavy atom. The van der Waals surface area contributed by atoms with Crippen molar-refractivity contribution in [3.8, 4) is 35.0 Å². The van der Waals surface area contributed by atoms with Gasteiger partial charge in [0.05, 0.1) is 51.6 Å². The molecule has 19 nitrogen and oxygen atoms in total. The number of nitrogens with zero attached hydrogens (tertiary/aromatic N) is 8. The van der Waals surface area contributed by atoms with E-state index >= 15 is 0 Å². The fraction of sp³-hybridized carbons (Fsp3) is 0.292. The van der Waals surface area contributed by atoms with E-state index in [1.54, 1.807) is 48.5 Å². The average Bonchev–Trinajstić information content (AvgIpc) is 4.00. The van der Waals surface area contributed by atoms with Crippen LogP contribution in [-0.4, -0.2) is 85.7 Å². The zero-order valence-corrected chi connectivity index (χ0v) is 39.3. The maximum absolute atomic E-state index is 13.4. The van der Waals surface area contributed by atoms with Crippen molar-refractivity contribution in [3.05, 3.63) is 160 Å². The Balaban J connectivity index is 0.000000238. The van der Waals surface area contributed by atoms with Crippen LogP contribution in [0.1, 0.15) is 26.0 Å². The molecule has 400 valence electrons. The first-order valence-corrected chi connectivity index (χ1v) is 22.2. The summed E-state index contributed by atoms with van der Waals surface area (Å²) in [5.74, 6) is -1.10. The van der Waals surface area contributed by atoms with Gasteiger partial charge < -0.3 is 33.9 Å². The van der Waals surface area contributed by atoms with Gasteiger partial charge >= 0.3 is 36.1 Å². The van der Waals surface area contributed by atoms with E-state index in [0.717, 1.165) is 43.5 Å². The van der Waals surface area contributed by atoms with Crippen LogP contribution in [0, 0.1) is 0 Å². The number of epoxide rings is 1. The third-order valence-electron chi connectivity index (χ3n) is 10.8. The number of hydrogen-bond acceptors (Lipinski definition) is 13. The van der Waals surface area contributed by atoms with E-state index in [2.05, 4.69) is 19.4 Å². The van der Waals surface area contributed by atoms with E-state index in [0.29, 0.717) is 22.2 Å². The van der Waals surface area contributed by atoms with Crippen molar-refractivity contribution in [1.29, 1.82) is 0 Å². The molecule has 4 aromatic heterocycles. The van der Waals surface area contributed by atoms with Crippen molar-refractivity contribution in [2.75, 3.05) is 13.2 Å². The number of hydrogen-bond donors (Lipinski definition) is 2. The summed E-state index contributed by atoms with van der Waals surface area (Å²) in [6, 6.07) is 22.8. The molecule has 0 saturated carbocycles. The molecule has 0 spiro atoms. The minimum Gasteiger partial charge on any atom is -0.425 e. The Morgan fingerprint density at radius 3 is 1.41 bits per heavy atom. The summed E-state index contributed by atoms with van der Waals surface area (Å²) in [4.78, 5) is 61.1. The highest BCUT2D eigenvalue weighted by molar-refractivity contribution is 6.30.